The van der Waals surface area contributed by atoms with Crippen molar-refractivity contribution in [1.82, 2.24) is 14.1 Å². The molecule has 0 aliphatic heterocycles. The molecule has 2 heterocycles. The van der Waals surface area contributed by atoms with Crippen LogP contribution in [-0.4, -0.2) is 27.1 Å². The number of anilines is 1. The summed E-state index contributed by atoms with van der Waals surface area (Å²) < 4.78 is 3.34. The maximum Gasteiger partial charge on any atom is 0.333 e. The van der Waals surface area contributed by atoms with Crippen molar-refractivity contribution in [2.75, 3.05) is 11.9 Å². The molecule has 134 valence electrons. The van der Waals surface area contributed by atoms with E-state index in [1.165, 1.54) is 16.2 Å². The topological polar surface area (TPSA) is 60.1 Å². The highest BCUT2D eigenvalue weighted by molar-refractivity contribution is 7.13. The maximum atomic E-state index is 13.1. The van der Waals surface area contributed by atoms with Crippen LogP contribution in [0.15, 0.2) is 46.7 Å². The summed E-state index contributed by atoms with van der Waals surface area (Å²) in [5.41, 5.74) is 2.53. The van der Waals surface area contributed by atoms with Crippen LogP contribution in [0.3, 0.4) is 0 Å². The molecule has 0 saturated carbocycles. The molecule has 0 atom stereocenters. The highest BCUT2D eigenvalue weighted by Crippen LogP contribution is 2.25. The Hall–Kier alpha value is -2.67. The third-order valence-electron chi connectivity index (χ3n) is 4.76. The fraction of sp³-hybridized carbons (Fsp3) is 0.316. The average molecular weight is 368 g/mol. The fourth-order valence-electron chi connectivity index (χ4n) is 3.39. The second-order valence-corrected chi connectivity index (χ2v) is 7.27. The molecule has 26 heavy (non-hydrogen) atoms. The molecule has 0 radical (unpaired) electrons. The van der Waals surface area contributed by atoms with Gasteiger partial charge in [0.15, 0.2) is 5.13 Å². The van der Waals surface area contributed by atoms with Crippen LogP contribution in [0.1, 0.15) is 25.7 Å². The number of benzene rings is 1. The van der Waals surface area contributed by atoms with Crippen LogP contribution in [0.4, 0.5) is 5.13 Å². The number of thiazole rings is 1. The molecule has 0 unspecified atom stereocenters. The van der Waals surface area contributed by atoms with Gasteiger partial charge in [-0.1, -0.05) is 18.2 Å². The molecule has 4 rings (SSSR count). The average Bonchev–Trinajstić information content (AvgIpc) is 3.29. The second kappa shape index (κ2) is 6.92. The van der Waals surface area contributed by atoms with E-state index in [0.717, 1.165) is 42.4 Å². The second-order valence-electron chi connectivity index (χ2n) is 6.40. The van der Waals surface area contributed by atoms with Crippen molar-refractivity contribution in [3.8, 4) is 0 Å². The van der Waals surface area contributed by atoms with Crippen LogP contribution >= 0.6 is 11.3 Å². The summed E-state index contributed by atoms with van der Waals surface area (Å²) in [5.74, 6) is -0.164. The number of allylic oxidation sites excluding steroid dienone is 2. The van der Waals surface area contributed by atoms with Gasteiger partial charge in [0.25, 0.3) is 0 Å². The van der Waals surface area contributed by atoms with Crippen LogP contribution in [0.5, 0.6) is 0 Å². The zero-order valence-electron chi connectivity index (χ0n) is 14.6. The molecule has 3 aromatic rings. The highest BCUT2D eigenvalue weighted by Gasteiger charge is 2.21. The summed E-state index contributed by atoms with van der Waals surface area (Å²) in [6, 6.07) is 7.66. The van der Waals surface area contributed by atoms with Gasteiger partial charge in [0.1, 0.15) is 6.54 Å². The SMILES string of the molecule is CN(C(=O)Cn1c(=O)n(C2=CCCCC2)c2ccccc21)c1nccs1. The number of para-hydroxylation sites is 2. The van der Waals surface area contributed by atoms with Crippen LogP contribution in [0.25, 0.3) is 16.7 Å². The Balaban J connectivity index is 1.76. The van der Waals surface area contributed by atoms with E-state index in [-0.39, 0.29) is 18.1 Å². The number of carbonyl (C=O) groups excluding carboxylic acids is 1. The Kier molecular flexibility index (Phi) is 4.46. The summed E-state index contributed by atoms with van der Waals surface area (Å²) in [7, 11) is 1.69. The molecular weight excluding hydrogens is 348 g/mol. The molecule has 2 aromatic heterocycles. The van der Waals surface area contributed by atoms with Crippen molar-refractivity contribution in [2.45, 2.75) is 32.2 Å². The molecule has 1 aromatic carbocycles. The Morgan fingerprint density at radius 3 is 2.77 bits per heavy atom. The molecule has 1 amide bonds. The Labute approximate surface area is 155 Å². The monoisotopic (exact) mass is 368 g/mol. The zero-order chi connectivity index (χ0) is 18.1. The van der Waals surface area contributed by atoms with Crippen molar-refractivity contribution in [1.29, 1.82) is 0 Å². The minimum absolute atomic E-state index is 0.00426. The van der Waals surface area contributed by atoms with Gasteiger partial charge in [-0.15, -0.1) is 11.3 Å². The largest absolute Gasteiger partial charge is 0.333 e. The molecule has 0 fully saturated rings. The molecule has 0 saturated heterocycles. The van der Waals surface area contributed by atoms with Crippen molar-refractivity contribution in [3.63, 3.8) is 0 Å². The lowest BCUT2D eigenvalue weighted by Crippen LogP contribution is -2.34. The first-order valence-corrected chi connectivity index (χ1v) is 9.60. The third-order valence-corrected chi connectivity index (χ3v) is 5.61. The summed E-state index contributed by atoms with van der Waals surface area (Å²) >= 11 is 1.40. The number of hydrogen-bond acceptors (Lipinski definition) is 4. The van der Waals surface area contributed by atoms with E-state index in [2.05, 4.69) is 11.1 Å². The molecular formula is C19H20N4O2S. The standard InChI is InChI=1S/C19H20N4O2S/c1-21(18-20-11-12-26-18)17(24)13-22-15-9-5-6-10-16(15)23(19(22)25)14-7-3-2-4-8-14/h5-7,9-12H,2-4,8,13H2,1H3. The smallest absolute Gasteiger partial charge is 0.290 e. The van der Waals surface area contributed by atoms with Gasteiger partial charge >= 0.3 is 5.69 Å². The van der Waals surface area contributed by atoms with Gasteiger partial charge in [-0.05, 0) is 37.8 Å². The minimum Gasteiger partial charge on any atom is -0.290 e. The zero-order valence-corrected chi connectivity index (χ0v) is 15.4. The van der Waals surface area contributed by atoms with Crippen molar-refractivity contribution >= 4 is 39.1 Å². The number of likely N-dealkylation sites (N-methyl/N-ethyl adjacent to an activating group) is 1. The normalized spacial score (nSPS) is 14.4. The van der Waals surface area contributed by atoms with Gasteiger partial charge in [-0.2, -0.15) is 0 Å². The van der Waals surface area contributed by atoms with Crippen LogP contribution < -0.4 is 10.6 Å². The molecule has 0 N–H and O–H groups in total. The van der Waals surface area contributed by atoms with E-state index in [1.54, 1.807) is 22.4 Å². The Morgan fingerprint density at radius 2 is 2.08 bits per heavy atom. The molecule has 1 aliphatic rings. The van der Waals surface area contributed by atoms with Crippen molar-refractivity contribution in [2.24, 2.45) is 0 Å². The van der Waals surface area contributed by atoms with E-state index < -0.39 is 0 Å². The maximum absolute atomic E-state index is 13.1. The lowest BCUT2D eigenvalue weighted by Gasteiger charge is -2.14. The Bertz CT molecular complexity index is 1030. The predicted octanol–water partition coefficient (Wildman–Crippen LogP) is 3.34. The fourth-order valence-corrected chi connectivity index (χ4v) is 4.02. The van der Waals surface area contributed by atoms with Crippen molar-refractivity contribution < 1.29 is 4.79 Å². The summed E-state index contributed by atoms with van der Waals surface area (Å²) in [6.45, 7) is -0.00426. The predicted molar refractivity (Wildman–Crippen MR) is 104 cm³/mol. The number of hydrogen-bond donors (Lipinski definition) is 0. The number of rotatable bonds is 4. The summed E-state index contributed by atoms with van der Waals surface area (Å²) in [4.78, 5) is 31.5. The van der Waals surface area contributed by atoms with E-state index >= 15 is 0 Å². The quantitative estimate of drug-likeness (QED) is 0.710. The van der Waals surface area contributed by atoms with Gasteiger partial charge in [0.05, 0.1) is 11.0 Å². The molecule has 0 spiro atoms. The lowest BCUT2D eigenvalue weighted by atomic mass is 10.0. The van der Waals surface area contributed by atoms with Gasteiger partial charge in [-0.25, -0.2) is 9.78 Å². The van der Waals surface area contributed by atoms with Crippen molar-refractivity contribution in [3.05, 3.63) is 52.4 Å². The van der Waals surface area contributed by atoms with Gasteiger partial charge in [-0.3, -0.25) is 18.8 Å². The number of carbonyl (C=O) groups is 1. The molecule has 1 aliphatic carbocycles. The van der Waals surface area contributed by atoms with Gasteiger partial charge in [0, 0.05) is 24.3 Å². The van der Waals surface area contributed by atoms with Gasteiger partial charge in [0.2, 0.25) is 5.91 Å². The number of fused-ring (bicyclic) bond motifs is 1. The summed E-state index contributed by atoms with van der Waals surface area (Å²) in [5, 5.41) is 2.45. The van der Waals surface area contributed by atoms with Gasteiger partial charge < -0.3 is 0 Å². The number of amides is 1. The van der Waals surface area contributed by atoms with E-state index in [0.29, 0.717) is 5.13 Å². The van der Waals surface area contributed by atoms with E-state index in [9.17, 15) is 9.59 Å². The van der Waals surface area contributed by atoms with Crippen LogP contribution in [-0.2, 0) is 11.3 Å². The summed E-state index contributed by atoms with van der Waals surface area (Å²) in [6.07, 6.45) is 7.94. The molecule has 7 heteroatoms. The lowest BCUT2D eigenvalue weighted by molar-refractivity contribution is -0.118. The first-order valence-electron chi connectivity index (χ1n) is 8.72. The Morgan fingerprint density at radius 1 is 1.27 bits per heavy atom. The number of nitrogens with zero attached hydrogens (tertiary/aromatic N) is 4. The van der Waals surface area contributed by atoms with Crippen LogP contribution in [0.2, 0.25) is 0 Å². The number of imidazole rings is 1. The molecule has 6 nitrogen and oxygen atoms in total. The first kappa shape index (κ1) is 16.8. The third kappa shape index (κ3) is 2.88. The molecule has 0 bridgehead atoms. The van der Waals surface area contributed by atoms with E-state index in [1.807, 2.05) is 29.6 Å². The highest BCUT2D eigenvalue weighted by atomic mass is 32.1. The number of aromatic nitrogens is 3. The van der Waals surface area contributed by atoms with Crippen LogP contribution in [0, 0.1) is 0 Å². The first-order chi connectivity index (χ1) is 12.7. The van der Waals surface area contributed by atoms with E-state index in [4.69, 9.17) is 0 Å². The minimum atomic E-state index is -0.164.